The number of nitrogens with one attached hydrogen (secondary N) is 2. The molecule has 0 saturated heterocycles. The first kappa shape index (κ1) is 19.8. The van der Waals surface area contributed by atoms with Crippen molar-refractivity contribution in [1.82, 2.24) is 10.6 Å². The van der Waals surface area contributed by atoms with E-state index in [0.29, 0.717) is 5.41 Å². The summed E-state index contributed by atoms with van der Waals surface area (Å²) in [5.41, 5.74) is 1.78. The van der Waals surface area contributed by atoms with Crippen molar-refractivity contribution >= 4 is 5.96 Å². The molecule has 2 N–H and O–H groups in total. The van der Waals surface area contributed by atoms with Gasteiger partial charge in [0.05, 0.1) is 0 Å². The number of hydrogen-bond acceptors (Lipinski definition) is 2. The molecule has 1 saturated carbocycles. The van der Waals surface area contributed by atoms with Gasteiger partial charge in [-0.05, 0) is 50.0 Å². The molecular formula is C21H35N3O. The van der Waals surface area contributed by atoms with Crippen molar-refractivity contribution in [3.05, 3.63) is 35.9 Å². The fourth-order valence-electron chi connectivity index (χ4n) is 3.71. The van der Waals surface area contributed by atoms with Crippen molar-refractivity contribution in [3.63, 3.8) is 0 Å². The summed E-state index contributed by atoms with van der Waals surface area (Å²) in [4.78, 5) is 4.38. The molecule has 0 heterocycles. The van der Waals surface area contributed by atoms with Crippen molar-refractivity contribution in [3.8, 4) is 0 Å². The fraction of sp³-hybridized carbons (Fsp3) is 0.667. The van der Waals surface area contributed by atoms with Gasteiger partial charge in [0.2, 0.25) is 0 Å². The Hall–Kier alpha value is -1.55. The summed E-state index contributed by atoms with van der Waals surface area (Å²) in [6.45, 7) is 5.70. The van der Waals surface area contributed by atoms with Gasteiger partial charge in [-0.2, -0.15) is 0 Å². The smallest absolute Gasteiger partial charge is 0.190 e. The van der Waals surface area contributed by atoms with Gasteiger partial charge in [-0.3, -0.25) is 4.99 Å². The van der Waals surface area contributed by atoms with Crippen molar-refractivity contribution in [2.75, 3.05) is 33.4 Å². The molecule has 0 bridgehead atoms. The number of aliphatic imine (C=N–C) groups is 1. The Kier molecular flexibility index (Phi) is 8.81. The van der Waals surface area contributed by atoms with Gasteiger partial charge in [-0.15, -0.1) is 0 Å². The Morgan fingerprint density at radius 1 is 1.16 bits per heavy atom. The fourth-order valence-corrected chi connectivity index (χ4v) is 3.71. The summed E-state index contributed by atoms with van der Waals surface area (Å²) in [7, 11) is 1.86. The van der Waals surface area contributed by atoms with Gasteiger partial charge < -0.3 is 15.4 Å². The second-order valence-electron chi connectivity index (χ2n) is 7.10. The molecule has 0 amide bonds. The van der Waals surface area contributed by atoms with E-state index in [-0.39, 0.29) is 0 Å². The predicted octanol–water partition coefficient (Wildman–Crippen LogP) is 3.77. The monoisotopic (exact) mass is 345 g/mol. The van der Waals surface area contributed by atoms with E-state index in [0.717, 1.165) is 51.5 Å². The SMILES string of the molecule is CCOCCC1(CNC(=NC)NCCCc2ccccc2)CCCC1. The number of benzene rings is 1. The maximum absolute atomic E-state index is 5.60. The number of hydrogen-bond donors (Lipinski definition) is 2. The van der Waals surface area contributed by atoms with Crippen molar-refractivity contribution in [2.45, 2.75) is 51.9 Å². The highest BCUT2D eigenvalue weighted by atomic mass is 16.5. The van der Waals surface area contributed by atoms with E-state index in [1.54, 1.807) is 0 Å². The van der Waals surface area contributed by atoms with Crippen LogP contribution in [-0.2, 0) is 11.2 Å². The molecular weight excluding hydrogens is 310 g/mol. The van der Waals surface area contributed by atoms with Gasteiger partial charge in [0.15, 0.2) is 5.96 Å². The average molecular weight is 346 g/mol. The number of aryl methyl sites for hydroxylation is 1. The van der Waals surface area contributed by atoms with E-state index in [9.17, 15) is 0 Å². The zero-order valence-corrected chi connectivity index (χ0v) is 16.0. The van der Waals surface area contributed by atoms with E-state index in [2.05, 4.69) is 52.9 Å². The topological polar surface area (TPSA) is 45.6 Å². The van der Waals surface area contributed by atoms with E-state index in [1.807, 2.05) is 7.05 Å². The molecule has 140 valence electrons. The third-order valence-corrected chi connectivity index (χ3v) is 5.28. The van der Waals surface area contributed by atoms with Crippen molar-refractivity contribution < 1.29 is 4.74 Å². The minimum atomic E-state index is 0.386. The van der Waals surface area contributed by atoms with Crippen LogP contribution >= 0.6 is 0 Å². The molecule has 1 aliphatic carbocycles. The standard InChI is InChI=1S/C21H35N3O/c1-3-25-17-15-21(13-7-8-14-21)18-24-20(22-2)23-16-9-12-19-10-5-4-6-11-19/h4-6,10-11H,3,7-9,12-18H2,1-2H3,(H2,22,23,24). The largest absolute Gasteiger partial charge is 0.382 e. The van der Waals surface area contributed by atoms with Crippen LogP contribution in [0.1, 0.15) is 51.0 Å². The maximum atomic E-state index is 5.60. The van der Waals surface area contributed by atoms with Gasteiger partial charge in [0.1, 0.15) is 0 Å². The molecule has 1 fully saturated rings. The predicted molar refractivity (Wildman–Crippen MR) is 106 cm³/mol. The highest BCUT2D eigenvalue weighted by Crippen LogP contribution is 2.40. The molecule has 1 aliphatic rings. The highest BCUT2D eigenvalue weighted by Gasteiger charge is 2.33. The lowest BCUT2D eigenvalue weighted by Crippen LogP contribution is -2.43. The van der Waals surface area contributed by atoms with Crippen LogP contribution < -0.4 is 10.6 Å². The Morgan fingerprint density at radius 3 is 2.60 bits per heavy atom. The Labute approximate surface area is 153 Å². The van der Waals surface area contributed by atoms with Crippen molar-refractivity contribution in [1.29, 1.82) is 0 Å². The van der Waals surface area contributed by atoms with Crippen molar-refractivity contribution in [2.24, 2.45) is 10.4 Å². The molecule has 2 rings (SSSR count). The maximum Gasteiger partial charge on any atom is 0.190 e. The number of ether oxygens (including phenoxy) is 1. The van der Waals surface area contributed by atoms with E-state index >= 15 is 0 Å². The van der Waals surface area contributed by atoms with Crippen LogP contribution in [0.5, 0.6) is 0 Å². The molecule has 0 atom stereocenters. The Bertz CT molecular complexity index is 495. The minimum Gasteiger partial charge on any atom is -0.382 e. The lowest BCUT2D eigenvalue weighted by atomic mass is 9.83. The summed E-state index contributed by atoms with van der Waals surface area (Å²) in [6, 6.07) is 10.7. The summed E-state index contributed by atoms with van der Waals surface area (Å²) in [5.74, 6) is 0.927. The quantitative estimate of drug-likeness (QED) is 0.385. The zero-order chi connectivity index (χ0) is 17.8. The van der Waals surface area contributed by atoms with Gasteiger partial charge in [-0.1, -0.05) is 43.2 Å². The highest BCUT2D eigenvalue weighted by molar-refractivity contribution is 5.79. The van der Waals surface area contributed by atoms with Crippen LogP contribution in [0.2, 0.25) is 0 Å². The first-order valence-corrected chi connectivity index (χ1v) is 9.84. The van der Waals surface area contributed by atoms with Gasteiger partial charge in [0, 0.05) is 33.4 Å². The number of rotatable bonds is 10. The molecule has 0 unspecified atom stereocenters. The molecule has 0 radical (unpaired) electrons. The van der Waals surface area contributed by atoms with Gasteiger partial charge >= 0.3 is 0 Å². The third-order valence-electron chi connectivity index (χ3n) is 5.28. The van der Waals surface area contributed by atoms with Crippen LogP contribution in [-0.4, -0.2) is 39.3 Å². The summed E-state index contributed by atoms with van der Waals surface area (Å²) in [6.07, 6.45) is 8.66. The number of guanidine groups is 1. The van der Waals surface area contributed by atoms with Crippen LogP contribution in [0.3, 0.4) is 0 Å². The first-order chi connectivity index (χ1) is 12.3. The zero-order valence-electron chi connectivity index (χ0n) is 16.0. The first-order valence-electron chi connectivity index (χ1n) is 9.84. The summed E-state index contributed by atoms with van der Waals surface area (Å²) in [5, 5.41) is 7.02. The molecule has 4 heteroatoms. The normalized spacial score (nSPS) is 16.8. The third kappa shape index (κ3) is 7.07. The van der Waals surface area contributed by atoms with Crippen LogP contribution in [0.25, 0.3) is 0 Å². The second kappa shape index (κ2) is 11.1. The summed E-state index contributed by atoms with van der Waals surface area (Å²) >= 11 is 0. The lowest BCUT2D eigenvalue weighted by Gasteiger charge is -2.30. The van der Waals surface area contributed by atoms with Crippen LogP contribution in [0.4, 0.5) is 0 Å². The molecule has 0 aliphatic heterocycles. The second-order valence-corrected chi connectivity index (χ2v) is 7.10. The Balaban J connectivity index is 1.69. The number of nitrogens with zero attached hydrogens (tertiary/aromatic N) is 1. The molecule has 25 heavy (non-hydrogen) atoms. The molecule has 0 aromatic heterocycles. The van der Waals surface area contributed by atoms with Gasteiger partial charge in [0.25, 0.3) is 0 Å². The summed E-state index contributed by atoms with van der Waals surface area (Å²) < 4.78 is 5.60. The van der Waals surface area contributed by atoms with E-state index in [1.165, 1.54) is 31.2 Å². The molecule has 1 aromatic rings. The molecule has 1 aromatic carbocycles. The van der Waals surface area contributed by atoms with Crippen LogP contribution in [0.15, 0.2) is 35.3 Å². The molecule has 0 spiro atoms. The van der Waals surface area contributed by atoms with E-state index < -0.39 is 0 Å². The van der Waals surface area contributed by atoms with Crippen LogP contribution in [0, 0.1) is 5.41 Å². The van der Waals surface area contributed by atoms with Gasteiger partial charge in [-0.25, -0.2) is 0 Å². The lowest BCUT2D eigenvalue weighted by molar-refractivity contribution is 0.105. The molecule has 4 nitrogen and oxygen atoms in total. The Morgan fingerprint density at radius 2 is 1.92 bits per heavy atom. The average Bonchev–Trinajstić information content (AvgIpc) is 3.11. The minimum absolute atomic E-state index is 0.386. The van der Waals surface area contributed by atoms with E-state index in [4.69, 9.17) is 4.74 Å².